The van der Waals surface area contributed by atoms with Crippen molar-refractivity contribution in [2.45, 2.75) is 17.1 Å². The van der Waals surface area contributed by atoms with Crippen LogP contribution in [0.15, 0.2) is 89.8 Å². The number of amides is 2. The Morgan fingerprint density at radius 1 is 0.897 bits per heavy atom. The lowest BCUT2D eigenvalue weighted by Crippen LogP contribution is -2.45. The van der Waals surface area contributed by atoms with E-state index >= 15 is 0 Å². The van der Waals surface area contributed by atoms with Crippen LogP contribution < -0.4 is 15.6 Å². The molecule has 1 atom stereocenters. The molecule has 0 saturated heterocycles. The Hall–Kier alpha value is -3.25. The van der Waals surface area contributed by atoms with E-state index in [1.54, 1.807) is 6.07 Å². The molecule has 0 aliphatic carbocycles. The van der Waals surface area contributed by atoms with E-state index in [0.717, 1.165) is 16.0 Å². The first kappa shape index (κ1) is 20.5. The SMILES string of the molecule is Cc1cccc(OCC(=O)NNC(=O)[C@@H](Sc2ccccc2)c2ccccc2)c1. The Bertz CT molecular complexity index is 949. The number of benzene rings is 3. The van der Waals surface area contributed by atoms with Crippen LogP contribution >= 0.6 is 11.8 Å². The van der Waals surface area contributed by atoms with Gasteiger partial charge in [-0.2, -0.15) is 0 Å². The molecule has 0 aromatic heterocycles. The van der Waals surface area contributed by atoms with Gasteiger partial charge in [-0.05, 0) is 42.3 Å². The van der Waals surface area contributed by atoms with Gasteiger partial charge in [-0.1, -0.05) is 60.7 Å². The fourth-order valence-corrected chi connectivity index (χ4v) is 3.67. The van der Waals surface area contributed by atoms with Crippen LogP contribution in [0.3, 0.4) is 0 Å². The fourth-order valence-electron chi connectivity index (χ4n) is 2.62. The van der Waals surface area contributed by atoms with Crippen LogP contribution in [0.25, 0.3) is 0 Å². The van der Waals surface area contributed by atoms with Gasteiger partial charge in [0.15, 0.2) is 6.61 Å². The third kappa shape index (κ3) is 6.40. The van der Waals surface area contributed by atoms with Gasteiger partial charge in [-0.25, -0.2) is 0 Å². The summed E-state index contributed by atoms with van der Waals surface area (Å²) < 4.78 is 5.45. The van der Waals surface area contributed by atoms with E-state index in [1.165, 1.54) is 11.8 Å². The highest BCUT2D eigenvalue weighted by Gasteiger charge is 2.22. The molecule has 3 aromatic carbocycles. The van der Waals surface area contributed by atoms with Gasteiger partial charge >= 0.3 is 0 Å². The Labute approximate surface area is 174 Å². The minimum absolute atomic E-state index is 0.189. The van der Waals surface area contributed by atoms with E-state index in [4.69, 9.17) is 4.74 Å². The number of hydrogen-bond donors (Lipinski definition) is 2. The van der Waals surface area contributed by atoms with Crippen molar-refractivity contribution < 1.29 is 14.3 Å². The molecule has 0 aliphatic heterocycles. The summed E-state index contributed by atoms with van der Waals surface area (Å²) >= 11 is 1.42. The second-order valence-electron chi connectivity index (χ2n) is 6.36. The first-order valence-electron chi connectivity index (χ1n) is 9.16. The van der Waals surface area contributed by atoms with Crippen molar-refractivity contribution in [1.29, 1.82) is 0 Å². The van der Waals surface area contributed by atoms with Crippen molar-refractivity contribution in [1.82, 2.24) is 10.9 Å². The number of thioether (sulfide) groups is 1. The molecular formula is C23H22N2O3S. The van der Waals surface area contributed by atoms with Gasteiger partial charge in [0.05, 0.1) is 0 Å². The van der Waals surface area contributed by atoms with E-state index in [0.29, 0.717) is 5.75 Å². The Morgan fingerprint density at radius 2 is 1.59 bits per heavy atom. The maximum atomic E-state index is 12.8. The number of aryl methyl sites for hydroxylation is 1. The summed E-state index contributed by atoms with van der Waals surface area (Å²) in [6, 6.07) is 26.5. The summed E-state index contributed by atoms with van der Waals surface area (Å²) in [7, 11) is 0. The molecule has 0 spiro atoms. The lowest BCUT2D eigenvalue weighted by atomic mass is 10.1. The Morgan fingerprint density at radius 3 is 2.28 bits per heavy atom. The van der Waals surface area contributed by atoms with Crippen LogP contribution in [0, 0.1) is 6.92 Å². The first-order valence-corrected chi connectivity index (χ1v) is 10.0. The summed E-state index contributed by atoms with van der Waals surface area (Å²) in [6.07, 6.45) is 0. The number of carbonyl (C=O) groups excluding carboxylic acids is 2. The molecule has 0 unspecified atom stereocenters. The molecule has 3 aromatic rings. The average molecular weight is 407 g/mol. The number of rotatable bonds is 7. The smallest absolute Gasteiger partial charge is 0.276 e. The predicted molar refractivity (Wildman–Crippen MR) is 114 cm³/mol. The van der Waals surface area contributed by atoms with Crippen LogP contribution in [-0.4, -0.2) is 18.4 Å². The molecule has 0 heterocycles. The maximum absolute atomic E-state index is 12.8. The van der Waals surface area contributed by atoms with Crippen LogP contribution in [-0.2, 0) is 9.59 Å². The zero-order valence-corrected chi connectivity index (χ0v) is 16.8. The zero-order chi connectivity index (χ0) is 20.5. The Kier molecular flexibility index (Phi) is 7.30. The number of ether oxygens (including phenoxy) is 1. The van der Waals surface area contributed by atoms with Gasteiger partial charge in [0.25, 0.3) is 11.8 Å². The number of carbonyl (C=O) groups is 2. The first-order chi connectivity index (χ1) is 14.1. The fraction of sp³-hybridized carbons (Fsp3) is 0.130. The van der Waals surface area contributed by atoms with Crippen molar-refractivity contribution in [2.75, 3.05) is 6.61 Å². The van der Waals surface area contributed by atoms with Gasteiger partial charge in [0.1, 0.15) is 11.0 Å². The molecule has 3 rings (SSSR count). The standard InChI is InChI=1S/C23H22N2O3S/c1-17-9-8-12-19(15-17)28-16-21(26)24-25-23(27)22(18-10-4-2-5-11-18)29-20-13-6-3-7-14-20/h2-15,22H,16H2,1H3,(H,24,26)(H,25,27)/t22-/m0/s1. The highest BCUT2D eigenvalue weighted by Crippen LogP contribution is 2.35. The Balaban J connectivity index is 1.58. The molecule has 2 amide bonds. The van der Waals surface area contributed by atoms with E-state index < -0.39 is 11.2 Å². The highest BCUT2D eigenvalue weighted by molar-refractivity contribution is 8.00. The molecule has 0 aliphatic rings. The second-order valence-corrected chi connectivity index (χ2v) is 7.54. The van der Waals surface area contributed by atoms with E-state index in [-0.39, 0.29) is 12.5 Å². The lowest BCUT2D eigenvalue weighted by Gasteiger charge is -2.17. The zero-order valence-electron chi connectivity index (χ0n) is 16.0. The summed E-state index contributed by atoms with van der Waals surface area (Å²) in [5.41, 5.74) is 6.83. The largest absolute Gasteiger partial charge is 0.484 e. The average Bonchev–Trinajstić information content (AvgIpc) is 2.76. The molecule has 5 nitrogen and oxygen atoms in total. The summed E-state index contributed by atoms with van der Waals surface area (Å²) in [5.74, 6) is -0.140. The quantitative estimate of drug-likeness (QED) is 0.459. The lowest BCUT2D eigenvalue weighted by molar-refractivity contribution is -0.129. The van der Waals surface area contributed by atoms with E-state index in [2.05, 4.69) is 10.9 Å². The third-order valence-corrected chi connectivity index (χ3v) is 5.29. The summed E-state index contributed by atoms with van der Waals surface area (Å²) in [4.78, 5) is 25.8. The molecule has 148 valence electrons. The van der Waals surface area contributed by atoms with E-state index in [9.17, 15) is 9.59 Å². The van der Waals surface area contributed by atoms with E-state index in [1.807, 2.05) is 85.8 Å². The minimum atomic E-state index is -0.503. The second kappa shape index (κ2) is 10.3. The molecule has 0 bridgehead atoms. The normalized spacial score (nSPS) is 11.3. The van der Waals surface area contributed by atoms with Crippen LogP contribution in [0.2, 0.25) is 0 Å². The van der Waals surface area contributed by atoms with Gasteiger partial charge in [-0.15, -0.1) is 11.8 Å². The summed E-state index contributed by atoms with van der Waals surface area (Å²) in [5, 5.41) is -0.503. The molecule has 29 heavy (non-hydrogen) atoms. The van der Waals surface area contributed by atoms with Crippen molar-refractivity contribution in [3.05, 3.63) is 96.1 Å². The number of nitrogens with one attached hydrogen (secondary N) is 2. The molecule has 6 heteroatoms. The van der Waals surface area contributed by atoms with Crippen molar-refractivity contribution in [2.24, 2.45) is 0 Å². The van der Waals surface area contributed by atoms with Crippen LogP contribution in [0.5, 0.6) is 5.75 Å². The van der Waals surface area contributed by atoms with Crippen LogP contribution in [0.1, 0.15) is 16.4 Å². The predicted octanol–water partition coefficient (Wildman–Crippen LogP) is 4.05. The van der Waals surface area contributed by atoms with Crippen molar-refractivity contribution >= 4 is 23.6 Å². The van der Waals surface area contributed by atoms with Crippen LogP contribution in [0.4, 0.5) is 0 Å². The van der Waals surface area contributed by atoms with Gasteiger partial charge in [0.2, 0.25) is 0 Å². The molecule has 0 fully saturated rings. The number of hydrazine groups is 1. The summed E-state index contributed by atoms with van der Waals surface area (Å²) in [6.45, 7) is 1.76. The maximum Gasteiger partial charge on any atom is 0.276 e. The third-order valence-electron chi connectivity index (χ3n) is 4.02. The highest BCUT2D eigenvalue weighted by atomic mass is 32.2. The topological polar surface area (TPSA) is 67.4 Å². The molecule has 2 N–H and O–H groups in total. The molecular weight excluding hydrogens is 384 g/mol. The molecule has 0 saturated carbocycles. The van der Waals surface area contributed by atoms with Crippen molar-refractivity contribution in [3.8, 4) is 5.75 Å². The van der Waals surface area contributed by atoms with Crippen molar-refractivity contribution in [3.63, 3.8) is 0 Å². The number of hydrogen-bond acceptors (Lipinski definition) is 4. The van der Waals surface area contributed by atoms with Gasteiger partial charge < -0.3 is 4.74 Å². The monoisotopic (exact) mass is 406 g/mol. The molecule has 0 radical (unpaired) electrons. The van der Waals surface area contributed by atoms with Gasteiger partial charge in [-0.3, -0.25) is 20.4 Å². The van der Waals surface area contributed by atoms with Gasteiger partial charge in [0, 0.05) is 4.90 Å². The minimum Gasteiger partial charge on any atom is -0.484 e.